The van der Waals surface area contributed by atoms with Crippen LogP contribution in [0.3, 0.4) is 0 Å². The van der Waals surface area contributed by atoms with Crippen LogP contribution in [0.25, 0.3) is 0 Å². The summed E-state index contributed by atoms with van der Waals surface area (Å²) in [4.78, 5) is 2.45. The second-order valence-corrected chi connectivity index (χ2v) is 6.26. The fraction of sp³-hybridized carbons (Fsp3) is 0.571. The molecular weight excluding hydrogens is 308 g/mol. The molecule has 0 aliphatic heterocycles. The van der Waals surface area contributed by atoms with Crippen LogP contribution in [0.5, 0.6) is 0 Å². The molecule has 1 atom stereocenters. The summed E-state index contributed by atoms with van der Waals surface area (Å²) in [7, 11) is 2.22. The maximum atomic E-state index is 3.48. The van der Waals surface area contributed by atoms with Gasteiger partial charge in [-0.2, -0.15) is 11.8 Å². The number of likely N-dealkylation sites (N-methyl/N-ethyl adjacent to an activating group) is 1. The zero-order valence-electron chi connectivity index (χ0n) is 11.4. The molecule has 1 rings (SSSR count). The third-order valence-electron chi connectivity index (χ3n) is 3.07. The Labute approximate surface area is 124 Å². The van der Waals surface area contributed by atoms with Gasteiger partial charge in [0.2, 0.25) is 0 Å². The standard InChI is InChI=1S/C14H23BrN2S/c1-4-14(11-18-3)17(2)9-8-16-13-7-5-6-12(15)10-13/h5-7,10,14,16H,4,8-9,11H2,1-3H3. The lowest BCUT2D eigenvalue weighted by atomic mass is 10.2. The highest BCUT2D eigenvalue weighted by atomic mass is 79.9. The molecule has 0 radical (unpaired) electrons. The maximum absolute atomic E-state index is 3.48. The molecule has 0 saturated carbocycles. The molecule has 18 heavy (non-hydrogen) atoms. The highest BCUT2D eigenvalue weighted by Gasteiger charge is 2.10. The molecule has 0 fully saturated rings. The van der Waals surface area contributed by atoms with Crippen molar-refractivity contribution in [1.82, 2.24) is 4.90 Å². The van der Waals surface area contributed by atoms with E-state index in [-0.39, 0.29) is 0 Å². The maximum Gasteiger partial charge on any atom is 0.0351 e. The Morgan fingerprint density at radius 1 is 1.44 bits per heavy atom. The van der Waals surface area contributed by atoms with Crippen LogP contribution >= 0.6 is 27.7 Å². The molecule has 2 nitrogen and oxygen atoms in total. The van der Waals surface area contributed by atoms with Crippen LogP contribution in [0, 0.1) is 0 Å². The Kier molecular flexibility index (Phi) is 7.79. The number of anilines is 1. The van der Waals surface area contributed by atoms with Crippen LogP contribution in [0.2, 0.25) is 0 Å². The summed E-state index contributed by atoms with van der Waals surface area (Å²) in [5.41, 5.74) is 1.18. The molecule has 0 bridgehead atoms. The molecule has 0 aromatic heterocycles. The molecular formula is C14H23BrN2S. The number of benzene rings is 1. The first-order valence-electron chi connectivity index (χ1n) is 6.36. The molecule has 1 aromatic rings. The third-order valence-corrected chi connectivity index (χ3v) is 4.28. The van der Waals surface area contributed by atoms with Gasteiger partial charge in [0.25, 0.3) is 0 Å². The van der Waals surface area contributed by atoms with Crippen molar-refractivity contribution in [2.45, 2.75) is 19.4 Å². The average Bonchev–Trinajstić information content (AvgIpc) is 2.36. The van der Waals surface area contributed by atoms with Crippen LogP contribution in [0.4, 0.5) is 5.69 Å². The van der Waals surface area contributed by atoms with E-state index in [0.29, 0.717) is 6.04 Å². The van der Waals surface area contributed by atoms with E-state index in [4.69, 9.17) is 0 Å². The van der Waals surface area contributed by atoms with E-state index < -0.39 is 0 Å². The lowest BCUT2D eigenvalue weighted by molar-refractivity contribution is 0.265. The predicted molar refractivity (Wildman–Crippen MR) is 87.7 cm³/mol. The summed E-state index contributed by atoms with van der Waals surface area (Å²) in [5, 5.41) is 3.46. The van der Waals surface area contributed by atoms with Crippen LogP contribution in [-0.2, 0) is 0 Å². The summed E-state index contributed by atoms with van der Waals surface area (Å²) in [6.45, 7) is 4.32. The van der Waals surface area contributed by atoms with E-state index in [1.54, 1.807) is 0 Å². The van der Waals surface area contributed by atoms with E-state index >= 15 is 0 Å². The van der Waals surface area contributed by atoms with Crippen LogP contribution in [0.1, 0.15) is 13.3 Å². The van der Waals surface area contributed by atoms with Gasteiger partial charge in [-0.25, -0.2) is 0 Å². The molecule has 0 heterocycles. The number of rotatable bonds is 8. The fourth-order valence-corrected chi connectivity index (χ4v) is 3.18. The normalized spacial score (nSPS) is 12.7. The summed E-state index contributed by atoms with van der Waals surface area (Å²) in [6, 6.07) is 8.99. The quantitative estimate of drug-likeness (QED) is 0.777. The molecule has 1 unspecified atom stereocenters. The van der Waals surface area contributed by atoms with Crippen molar-refractivity contribution in [3.63, 3.8) is 0 Å². The van der Waals surface area contributed by atoms with Crippen molar-refractivity contribution in [3.8, 4) is 0 Å². The van der Waals surface area contributed by atoms with Crippen LogP contribution in [-0.4, -0.2) is 43.1 Å². The number of hydrogen-bond acceptors (Lipinski definition) is 3. The van der Waals surface area contributed by atoms with Gasteiger partial charge in [0.1, 0.15) is 0 Å². The minimum Gasteiger partial charge on any atom is -0.384 e. The van der Waals surface area contributed by atoms with Crippen molar-refractivity contribution in [1.29, 1.82) is 0 Å². The molecule has 0 amide bonds. The largest absolute Gasteiger partial charge is 0.384 e. The van der Waals surface area contributed by atoms with Gasteiger partial charge in [0, 0.05) is 35.0 Å². The Morgan fingerprint density at radius 2 is 2.22 bits per heavy atom. The second kappa shape index (κ2) is 8.83. The molecule has 0 saturated heterocycles. The molecule has 1 N–H and O–H groups in total. The molecule has 4 heteroatoms. The van der Waals surface area contributed by atoms with Gasteiger partial charge in [-0.1, -0.05) is 28.9 Å². The zero-order chi connectivity index (χ0) is 13.4. The molecule has 1 aromatic carbocycles. The summed E-state index contributed by atoms with van der Waals surface area (Å²) >= 11 is 5.41. The minimum atomic E-state index is 0.685. The Hall–Kier alpha value is -0.190. The number of nitrogens with one attached hydrogen (secondary N) is 1. The van der Waals surface area contributed by atoms with Crippen molar-refractivity contribution in [2.24, 2.45) is 0 Å². The van der Waals surface area contributed by atoms with Gasteiger partial charge in [-0.3, -0.25) is 0 Å². The first-order chi connectivity index (χ1) is 8.67. The number of hydrogen-bond donors (Lipinski definition) is 1. The number of thioether (sulfide) groups is 1. The zero-order valence-corrected chi connectivity index (χ0v) is 13.9. The van der Waals surface area contributed by atoms with E-state index in [1.165, 1.54) is 17.9 Å². The highest BCUT2D eigenvalue weighted by Crippen LogP contribution is 2.15. The molecule has 0 spiro atoms. The smallest absolute Gasteiger partial charge is 0.0351 e. The van der Waals surface area contributed by atoms with E-state index in [0.717, 1.165) is 17.6 Å². The lowest BCUT2D eigenvalue weighted by Gasteiger charge is -2.26. The molecule has 102 valence electrons. The summed E-state index contributed by atoms with van der Waals surface area (Å²) in [6.07, 6.45) is 3.39. The highest BCUT2D eigenvalue weighted by molar-refractivity contribution is 9.10. The third kappa shape index (κ3) is 5.63. The predicted octanol–water partition coefficient (Wildman–Crippen LogP) is 3.93. The molecule has 0 aliphatic rings. The fourth-order valence-electron chi connectivity index (χ4n) is 1.91. The lowest BCUT2D eigenvalue weighted by Crippen LogP contribution is -2.36. The number of halogens is 1. The summed E-state index contributed by atoms with van der Waals surface area (Å²) < 4.78 is 1.12. The minimum absolute atomic E-state index is 0.685. The van der Waals surface area contributed by atoms with Crippen molar-refractivity contribution in [2.75, 3.05) is 37.5 Å². The van der Waals surface area contributed by atoms with Gasteiger partial charge >= 0.3 is 0 Å². The van der Waals surface area contributed by atoms with Crippen molar-refractivity contribution >= 4 is 33.4 Å². The first-order valence-corrected chi connectivity index (χ1v) is 8.54. The van der Waals surface area contributed by atoms with E-state index in [9.17, 15) is 0 Å². The second-order valence-electron chi connectivity index (χ2n) is 4.44. The Bertz CT molecular complexity index is 346. The van der Waals surface area contributed by atoms with Gasteiger partial charge in [0.05, 0.1) is 0 Å². The van der Waals surface area contributed by atoms with Gasteiger partial charge in [-0.05, 0) is 37.9 Å². The summed E-state index contributed by atoms with van der Waals surface area (Å²) in [5.74, 6) is 1.21. The molecule has 0 aliphatic carbocycles. The Morgan fingerprint density at radius 3 is 2.83 bits per heavy atom. The van der Waals surface area contributed by atoms with Crippen molar-refractivity contribution in [3.05, 3.63) is 28.7 Å². The van der Waals surface area contributed by atoms with Crippen LogP contribution < -0.4 is 5.32 Å². The van der Waals surface area contributed by atoms with Crippen LogP contribution in [0.15, 0.2) is 28.7 Å². The van der Waals surface area contributed by atoms with Crippen molar-refractivity contribution < 1.29 is 0 Å². The number of nitrogens with zero attached hydrogens (tertiary/aromatic N) is 1. The average molecular weight is 331 g/mol. The Balaban J connectivity index is 2.32. The van der Waals surface area contributed by atoms with Gasteiger partial charge in [0.15, 0.2) is 0 Å². The topological polar surface area (TPSA) is 15.3 Å². The van der Waals surface area contributed by atoms with Gasteiger partial charge in [-0.15, -0.1) is 0 Å². The first kappa shape index (κ1) is 15.9. The van der Waals surface area contributed by atoms with Gasteiger partial charge < -0.3 is 10.2 Å². The van der Waals surface area contributed by atoms with E-state index in [2.05, 4.69) is 64.6 Å². The van der Waals surface area contributed by atoms with E-state index in [1.807, 2.05) is 17.8 Å². The SMILES string of the molecule is CCC(CSC)N(C)CCNc1cccc(Br)c1. The monoisotopic (exact) mass is 330 g/mol.